The van der Waals surface area contributed by atoms with Crippen LogP contribution in [0, 0.1) is 5.82 Å². The maximum absolute atomic E-state index is 12.9. The Morgan fingerprint density at radius 1 is 1.00 bits per heavy atom. The SMILES string of the molecule is N/C(=N\OC(=O)c1cccc(COc2cccc(Cl)c2Cl)c1)c1ccc(F)cc1. The van der Waals surface area contributed by atoms with Crippen LogP contribution in [0.25, 0.3) is 0 Å². The summed E-state index contributed by atoms with van der Waals surface area (Å²) >= 11 is 12.1. The molecular weight excluding hydrogens is 418 g/mol. The second-order valence-electron chi connectivity index (χ2n) is 5.90. The fourth-order valence-electron chi connectivity index (χ4n) is 2.36. The van der Waals surface area contributed by atoms with Crippen molar-refractivity contribution in [3.63, 3.8) is 0 Å². The summed E-state index contributed by atoms with van der Waals surface area (Å²) in [4.78, 5) is 17.1. The first-order valence-corrected chi connectivity index (χ1v) is 9.16. The van der Waals surface area contributed by atoms with Crippen LogP contribution >= 0.6 is 23.2 Å². The summed E-state index contributed by atoms with van der Waals surface area (Å²) < 4.78 is 18.6. The number of nitrogens with two attached hydrogens (primary N) is 1. The maximum Gasteiger partial charge on any atom is 0.365 e. The normalized spacial score (nSPS) is 11.2. The first-order chi connectivity index (χ1) is 13.9. The quantitative estimate of drug-likeness (QED) is 0.251. The van der Waals surface area contributed by atoms with Crippen LogP contribution in [0.3, 0.4) is 0 Å². The number of halogens is 3. The number of hydrogen-bond donors (Lipinski definition) is 1. The lowest BCUT2D eigenvalue weighted by molar-refractivity contribution is 0.0516. The van der Waals surface area contributed by atoms with E-state index in [2.05, 4.69) is 5.16 Å². The minimum Gasteiger partial charge on any atom is -0.487 e. The number of carbonyl (C=O) groups excluding carboxylic acids is 1. The molecule has 0 spiro atoms. The van der Waals surface area contributed by atoms with Crippen molar-refractivity contribution in [1.82, 2.24) is 0 Å². The Hall–Kier alpha value is -3.09. The molecule has 5 nitrogen and oxygen atoms in total. The molecule has 0 aromatic heterocycles. The second kappa shape index (κ2) is 9.41. The first-order valence-electron chi connectivity index (χ1n) is 8.40. The molecular formula is C21H15Cl2FN2O3. The van der Waals surface area contributed by atoms with Gasteiger partial charge in [-0.1, -0.05) is 46.6 Å². The van der Waals surface area contributed by atoms with Gasteiger partial charge in [0.25, 0.3) is 0 Å². The average Bonchev–Trinajstić information content (AvgIpc) is 2.73. The fraction of sp³-hybridized carbons (Fsp3) is 0.0476. The molecule has 0 unspecified atom stereocenters. The molecule has 0 radical (unpaired) electrons. The third-order valence-corrected chi connectivity index (χ3v) is 4.64. The highest BCUT2D eigenvalue weighted by Gasteiger charge is 2.10. The Kier molecular flexibility index (Phi) is 6.69. The van der Waals surface area contributed by atoms with Crippen molar-refractivity contribution in [3.05, 3.63) is 99.3 Å². The van der Waals surface area contributed by atoms with Crippen molar-refractivity contribution < 1.29 is 18.8 Å². The van der Waals surface area contributed by atoms with Crippen LogP contribution in [-0.4, -0.2) is 11.8 Å². The average molecular weight is 433 g/mol. The molecule has 148 valence electrons. The molecule has 0 bridgehead atoms. The highest BCUT2D eigenvalue weighted by Crippen LogP contribution is 2.31. The lowest BCUT2D eigenvalue weighted by Gasteiger charge is -2.09. The van der Waals surface area contributed by atoms with Gasteiger partial charge >= 0.3 is 5.97 Å². The molecule has 0 saturated carbocycles. The van der Waals surface area contributed by atoms with Crippen molar-refractivity contribution in [2.24, 2.45) is 10.9 Å². The van der Waals surface area contributed by atoms with Gasteiger partial charge in [-0.25, -0.2) is 9.18 Å². The predicted octanol–water partition coefficient (Wildman–Crippen LogP) is 5.19. The van der Waals surface area contributed by atoms with E-state index in [1.54, 1.807) is 42.5 Å². The van der Waals surface area contributed by atoms with Crippen LogP contribution in [0.1, 0.15) is 21.5 Å². The van der Waals surface area contributed by atoms with E-state index >= 15 is 0 Å². The van der Waals surface area contributed by atoms with E-state index in [9.17, 15) is 9.18 Å². The Bertz CT molecular complexity index is 1060. The van der Waals surface area contributed by atoms with Crippen molar-refractivity contribution >= 4 is 35.0 Å². The molecule has 2 N–H and O–H groups in total. The summed E-state index contributed by atoms with van der Waals surface area (Å²) in [5, 5.41) is 4.31. The van der Waals surface area contributed by atoms with Gasteiger partial charge in [-0.05, 0) is 54.1 Å². The highest BCUT2D eigenvalue weighted by atomic mass is 35.5. The largest absolute Gasteiger partial charge is 0.487 e. The molecule has 3 aromatic carbocycles. The molecule has 3 aromatic rings. The van der Waals surface area contributed by atoms with Crippen LogP contribution in [0.5, 0.6) is 5.75 Å². The van der Waals surface area contributed by atoms with Gasteiger partial charge in [-0.15, -0.1) is 0 Å². The number of nitrogens with zero attached hydrogens (tertiary/aromatic N) is 1. The van der Waals surface area contributed by atoms with Crippen LogP contribution in [-0.2, 0) is 11.4 Å². The topological polar surface area (TPSA) is 73.9 Å². The van der Waals surface area contributed by atoms with Crippen molar-refractivity contribution in [3.8, 4) is 5.75 Å². The van der Waals surface area contributed by atoms with E-state index in [4.69, 9.17) is 38.5 Å². The molecule has 0 saturated heterocycles. The molecule has 0 aliphatic rings. The van der Waals surface area contributed by atoms with E-state index in [0.717, 1.165) is 0 Å². The summed E-state index contributed by atoms with van der Waals surface area (Å²) in [6, 6.07) is 17.0. The second-order valence-corrected chi connectivity index (χ2v) is 6.69. The van der Waals surface area contributed by atoms with Gasteiger partial charge in [0.15, 0.2) is 5.84 Å². The molecule has 3 rings (SSSR count). The molecule has 0 heterocycles. The number of rotatable bonds is 6. The van der Waals surface area contributed by atoms with Gasteiger partial charge < -0.3 is 15.3 Å². The molecule has 0 atom stereocenters. The number of oxime groups is 1. The monoisotopic (exact) mass is 432 g/mol. The van der Waals surface area contributed by atoms with Crippen molar-refractivity contribution in [2.45, 2.75) is 6.61 Å². The first kappa shape index (κ1) is 20.6. The smallest absolute Gasteiger partial charge is 0.365 e. The Balaban J connectivity index is 1.65. The Labute approximate surface area is 176 Å². The molecule has 29 heavy (non-hydrogen) atoms. The zero-order valence-electron chi connectivity index (χ0n) is 14.9. The third kappa shape index (κ3) is 5.47. The minimum atomic E-state index is -0.697. The van der Waals surface area contributed by atoms with E-state index in [1.165, 1.54) is 24.3 Å². The molecule has 0 amide bonds. The van der Waals surface area contributed by atoms with Gasteiger partial charge in [0.2, 0.25) is 0 Å². The number of amidine groups is 1. The van der Waals surface area contributed by atoms with Gasteiger partial charge in [-0.2, -0.15) is 0 Å². The van der Waals surface area contributed by atoms with Gasteiger partial charge in [0.05, 0.1) is 10.6 Å². The zero-order valence-corrected chi connectivity index (χ0v) is 16.5. The van der Waals surface area contributed by atoms with Gasteiger partial charge in [0, 0.05) is 5.56 Å². The molecule has 0 aliphatic carbocycles. The van der Waals surface area contributed by atoms with Crippen LogP contribution in [0.2, 0.25) is 10.0 Å². The van der Waals surface area contributed by atoms with E-state index in [-0.39, 0.29) is 18.0 Å². The lowest BCUT2D eigenvalue weighted by Crippen LogP contribution is -2.15. The molecule has 0 aliphatic heterocycles. The van der Waals surface area contributed by atoms with Gasteiger partial charge in [-0.3, -0.25) is 0 Å². The number of benzene rings is 3. The maximum atomic E-state index is 12.9. The lowest BCUT2D eigenvalue weighted by atomic mass is 10.1. The molecule has 0 fully saturated rings. The predicted molar refractivity (Wildman–Crippen MR) is 110 cm³/mol. The van der Waals surface area contributed by atoms with Crippen LogP contribution < -0.4 is 10.5 Å². The number of hydrogen-bond acceptors (Lipinski definition) is 4. The summed E-state index contributed by atoms with van der Waals surface area (Å²) in [6.45, 7) is 0.169. The van der Waals surface area contributed by atoms with Crippen LogP contribution in [0.4, 0.5) is 4.39 Å². The Morgan fingerprint density at radius 2 is 1.72 bits per heavy atom. The van der Waals surface area contributed by atoms with E-state index in [0.29, 0.717) is 26.9 Å². The standard InChI is InChI=1S/C21H15Cl2FN2O3/c22-17-5-2-6-18(19(17)23)28-12-13-3-1-4-15(11-13)21(27)29-26-20(25)14-7-9-16(24)10-8-14/h1-11H,12H2,(H2,25,26). The third-order valence-electron chi connectivity index (χ3n) is 3.84. The van der Waals surface area contributed by atoms with E-state index < -0.39 is 11.8 Å². The Morgan fingerprint density at radius 3 is 2.48 bits per heavy atom. The van der Waals surface area contributed by atoms with Crippen molar-refractivity contribution in [1.29, 1.82) is 0 Å². The molecule has 8 heteroatoms. The minimum absolute atomic E-state index is 0.0477. The highest BCUT2D eigenvalue weighted by molar-refractivity contribution is 6.42. The fourth-order valence-corrected chi connectivity index (χ4v) is 2.71. The summed E-state index contributed by atoms with van der Waals surface area (Å²) in [5.41, 5.74) is 7.15. The summed E-state index contributed by atoms with van der Waals surface area (Å²) in [6.07, 6.45) is 0. The summed E-state index contributed by atoms with van der Waals surface area (Å²) in [7, 11) is 0. The summed E-state index contributed by atoms with van der Waals surface area (Å²) in [5.74, 6) is -0.716. The van der Waals surface area contributed by atoms with E-state index in [1.807, 2.05) is 0 Å². The number of ether oxygens (including phenoxy) is 1. The zero-order chi connectivity index (χ0) is 20.8. The van der Waals surface area contributed by atoms with Gasteiger partial charge in [0.1, 0.15) is 23.2 Å². The van der Waals surface area contributed by atoms with Crippen molar-refractivity contribution in [2.75, 3.05) is 0 Å². The van der Waals surface area contributed by atoms with Crippen LogP contribution in [0.15, 0.2) is 71.9 Å². The number of carbonyl (C=O) groups is 1.